The first-order chi connectivity index (χ1) is 6.87. The lowest BCUT2D eigenvalue weighted by molar-refractivity contribution is -0.166. The van der Waals surface area contributed by atoms with Crippen molar-refractivity contribution in [3.63, 3.8) is 0 Å². The highest BCUT2D eigenvalue weighted by molar-refractivity contribution is 5.97. The minimum absolute atomic E-state index is 0.273. The van der Waals surface area contributed by atoms with Gasteiger partial charge in [0.05, 0.1) is 0 Å². The van der Waals surface area contributed by atoms with E-state index >= 15 is 0 Å². The lowest BCUT2D eigenvalue weighted by Crippen LogP contribution is -2.27. The summed E-state index contributed by atoms with van der Waals surface area (Å²) in [6.45, 7) is 1.11. The Labute approximate surface area is 84.3 Å². The van der Waals surface area contributed by atoms with E-state index in [1.165, 1.54) is 18.2 Å². The number of carbonyl (C=O) groups is 2. The fourth-order valence-corrected chi connectivity index (χ4v) is 1.18. The molecule has 1 rings (SSSR count). The van der Waals surface area contributed by atoms with Crippen molar-refractivity contribution in [3.8, 4) is 0 Å². The van der Waals surface area contributed by atoms with Crippen LogP contribution >= 0.6 is 0 Å². The third-order valence-electron chi connectivity index (χ3n) is 1.91. The molecule has 0 fully saturated rings. The molecule has 0 radical (unpaired) electrons. The van der Waals surface area contributed by atoms with Crippen LogP contribution in [-0.2, 0) is 10.7 Å². The molecule has 0 unspecified atom stereocenters. The largest absolute Gasteiger partial charge is 0.477 e. The van der Waals surface area contributed by atoms with Crippen molar-refractivity contribution in [1.29, 1.82) is 0 Å². The fraction of sp³-hybridized carbons (Fsp3) is 0.200. The smallest absolute Gasteiger partial charge is 0.379 e. The first-order valence-corrected chi connectivity index (χ1v) is 4.09. The first kappa shape index (κ1) is 11.3. The maximum atomic E-state index is 13.1. The monoisotopic (exact) mass is 214 g/mol. The Morgan fingerprint density at radius 1 is 1.27 bits per heavy atom. The second kappa shape index (κ2) is 3.76. The Morgan fingerprint density at radius 3 is 2.27 bits per heavy atom. The van der Waals surface area contributed by atoms with Gasteiger partial charge >= 0.3 is 11.9 Å². The molecule has 1 N–H and O–H groups in total. The summed E-state index contributed by atoms with van der Waals surface area (Å²) in [5.41, 5.74) is -1.05. The molecule has 0 bridgehead atoms. The average molecular weight is 214 g/mol. The SMILES string of the molecule is CC(=O)c1ccccc1C(F)(F)C(=O)O. The fourth-order valence-electron chi connectivity index (χ4n) is 1.18. The third-order valence-corrected chi connectivity index (χ3v) is 1.91. The molecule has 15 heavy (non-hydrogen) atoms. The van der Waals surface area contributed by atoms with Crippen molar-refractivity contribution >= 4 is 11.8 Å². The van der Waals surface area contributed by atoms with E-state index in [9.17, 15) is 18.4 Å². The van der Waals surface area contributed by atoms with E-state index in [-0.39, 0.29) is 5.56 Å². The summed E-state index contributed by atoms with van der Waals surface area (Å²) in [6.07, 6.45) is 0. The number of hydrogen-bond acceptors (Lipinski definition) is 2. The van der Waals surface area contributed by atoms with Crippen LogP contribution in [-0.4, -0.2) is 16.9 Å². The zero-order chi connectivity index (χ0) is 11.6. The van der Waals surface area contributed by atoms with Crippen LogP contribution in [0.25, 0.3) is 0 Å². The first-order valence-electron chi connectivity index (χ1n) is 4.09. The summed E-state index contributed by atoms with van der Waals surface area (Å²) in [5, 5.41) is 8.34. The van der Waals surface area contributed by atoms with Crippen molar-refractivity contribution in [2.75, 3.05) is 0 Å². The quantitative estimate of drug-likeness (QED) is 0.783. The molecular weight excluding hydrogens is 206 g/mol. The number of ketones is 1. The van der Waals surface area contributed by atoms with Gasteiger partial charge in [-0.05, 0) is 6.92 Å². The van der Waals surface area contributed by atoms with Gasteiger partial charge in [0.2, 0.25) is 0 Å². The van der Waals surface area contributed by atoms with Crippen LogP contribution < -0.4 is 0 Å². The van der Waals surface area contributed by atoms with Crippen LogP contribution in [0.1, 0.15) is 22.8 Å². The van der Waals surface area contributed by atoms with Gasteiger partial charge < -0.3 is 5.11 Å². The van der Waals surface area contributed by atoms with Crippen LogP contribution in [0.3, 0.4) is 0 Å². The molecule has 0 atom stereocenters. The maximum absolute atomic E-state index is 13.1. The molecule has 0 aliphatic heterocycles. The van der Waals surface area contributed by atoms with Gasteiger partial charge in [0.25, 0.3) is 0 Å². The number of aliphatic carboxylic acids is 1. The minimum atomic E-state index is -4.04. The molecule has 0 heterocycles. The van der Waals surface area contributed by atoms with E-state index in [1.807, 2.05) is 0 Å². The summed E-state index contributed by atoms with van der Waals surface area (Å²) in [7, 11) is 0. The van der Waals surface area contributed by atoms with E-state index in [4.69, 9.17) is 5.11 Å². The molecule has 1 aromatic rings. The number of hydrogen-bond donors (Lipinski definition) is 1. The summed E-state index contributed by atoms with van der Waals surface area (Å²) >= 11 is 0. The number of carboxylic acid groups (broad SMARTS) is 1. The van der Waals surface area contributed by atoms with Gasteiger partial charge in [-0.15, -0.1) is 0 Å². The highest BCUT2D eigenvalue weighted by Gasteiger charge is 2.43. The normalized spacial score (nSPS) is 11.1. The highest BCUT2D eigenvalue weighted by Crippen LogP contribution is 2.30. The summed E-state index contributed by atoms with van der Waals surface area (Å²) in [4.78, 5) is 21.3. The maximum Gasteiger partial charge on any atom is 0.379 e. The molecule has 0 aliphatic carbocycles. The van der Waals surface area contributed by atoms with E-state index in [0.29, 0.717) is 0 Å². The molecule has 80 valence electrons. The Hall–Kier alpha value is -1.78. The van der Waals surface area contributed by atoms with E-state index in [1.54, 1.807) is 0 Å². The standard InChI is InChI=1S/C10H8F2O3/c1-6(13)7-4-2-3-5-8(7)10(11,12)9(14)15/h2-5H,1H3,(H,14,15). The molecule has 1 aromatic carbocycles. The summed E-state index contributed by atoms with van der Waals surface area (Å²) in [6, 6.07) is 4.77. The van der Waals surface area contributed by atoms with Gasteiger partial charge in [0, 0.05) is 11.1 Å². The number of carbonyl (C=O) groups excluding carboxylic acids is 1. The van der Waals surface area contributed by atoms with Crippen molar-refractivity contribution in [3.05, 3.63) is 35.4 Å². The number of carboxylic acids is 1. The molecule has 3 nitrogen and oxygen atoms in total. The van der Waals surface area contributed by atoms with Crippen molar-refractivity contribution in [2.45, 2.75) is 12.8 Å². The van der Waals surface area contributed by atoms with E-state index < -0.39 is 23.2 Å². The second-order valence-electron chi connectivity index (χ2n) is 2.98. The number of benzene rings is 1. The van der Waals surface area contributed by atoms with Crippen molar-refractivity contribution < 1.29 is 23.5 Å². The predicted octanol–water partition coefficient (Wildman–Crippen LogP) is 2.07. The Balaban J connectivity index is 3.37. The van der Waals surface area contributed by atoms with Crippen LogP contribution in [0.2, 0.25) is 0 Å². The molecule has 0 aromatic heterocycles. The molecule has 5 heteroatoms. The van der Waals surface area contributed by atoms with E-state index in [2.05, 4.69) is 0 Å². The molecule has 0 saturated heterocycles. The number of Topliss-reactive ketones (excluding diaryl/α,β-unsaturated/α-hetero) is 1. The highest BCUT2D eigenvalue weighted by atomic mass is 19.3. The number of alkyl halides is 2. The Bertz CT molecular complexity index is 413. The summed E-state index contributed by atoms with van der Waals surface area (Å²) < 4.78 is 26.3. The van der Waals surface area contributed by atoms with E-state index in [0.717, 1.165) is 13.0 Å². The van der Waals surface area contributed by atoms with Crippen molar-refractivity contribution in [1.82, 2.24) is 0 Å². The second-order valence-corrected chi connectivity index (χ2v) is 2.98. The molecule has 0 saturated carbocycles. The van der Waals surface area contributed by atoms with Gasteiger partial charge in [-0.1, -0.05) is 24.3 Å². The minimum Gasteiger partial charge on any atom is -0.477 e. The molecule has 0 aliphatic rings. The van der Waals surface area contributed by atoms with Gasteiger partial charge in [-0.2, -0.15) is 8.78 Å². The molecule has 0 spiro atoms. The average Bonchev–Trinajstić information content (AvgIpc) is 2.17. The molecular formula is C10H8F2O3. The predicted molar refractivity (Wildman–Crippen MR) is 48.0 cm³/mol. The van der Waals surface area contributed by atoms with Gasteiger partial charge in [0.15, 0.2) is 5.78 Å². The number of rotatable bonds is 3. The zero-order valence-corrected chi connectivity index (χ0v) is 7.83. The van der Waals surface area contributed by atoms with Gasteiger partial charge in [-0.3, -0.25) is 4.79 Å². The Kier molecular flexibility index (Phi) is 2.83. The Morgan fingerprint density at radius 2 is 1.80 bits per heavy atom. The van der Waals surface area contributed by atoms with Crippen LogP contribution in [0.4, 0.5) is 8.78 Å². The topological polar surface area (TPSA) is 54.4 Å². The summed E-state index contributed by atoms with van der Waals surface area (Å²) in [5.74, 6) is -6.90. The number of halogens is 2. The lowest BCUT2D eigenvalue weighted by Gasteiger charge is -2.14. The van der Waals surface area contributed by atoms with Crippen molar-refractivity contribution in [2.24, 2.45) is 0 Å². The van der Waals surface area contributed by atoms with Gasteiger partial charge in [0.1, 0.15) is 0 Å². The molecule has 0 amide bonds. The zero-order valence-electron chi connectivity index (χ0n) is 7.83. The van der Waals surface area contributed by atoms with Gasteiger partial charge in [-0.25, -0.2) is 4.79 Å². The third kappa shape index (κ3) is 2.01. The van der Waals surface area contributed by atoms with Crippen LogP contribution in [0.15, 0.2) is 24.3 Å². The van der Waals surface area contributed by atoms with Crippen LogP contribution in [0, 0.1) is 0 Å². The lowest BCUT2D eigenvalue weighted by atomic mass is 9.99. The van der Waals surface area contributed by atoms with Crippen LogP contribution in [0.5, 0.6) is 0 Å².